The number of halogens is 1. The molecular weight excluding hydrogens is 477 g/mol. The summed E-state index contributed by atoms with van der Waals surface area (Å²) in [5.74, 6) is -0.930. The van der Waals surface area contributed by atoms with E-state index in [-0.39, 0.29) is 24.8 Å². The molecule has 9 nitrogen and oxygen atoms in total. The maximum atomic E-state index is 13.9. The summed E-state index contributed by atoms with van der Waals surface area (Å²) in [6, 6.07) is 5.85. The highest BCUT2D eigenvalue weighted by Crippen LogP contribution is 2.21. The molecule has 10 heteroatoms. The zero-order chi connectivity index (χ0) is 26.8. The van der Waals surface area contributed by atoms with E-state index in [0.29, 0.717) is 38.1 Å². The van der Waals surface area contributed by atoms with Crippen LogP contribution >= 0.6 is 0 Å². The Bertz CT molecular complexity index is 1070. The fraction of sp³-hybridized carbons (Fsp3) is 0.481. The maximum absolute atomic E-state index is 13.9. The van der Waals surface area contributed by atoms with E-state index in [1.807, 2.05) is 6.92 Å². The molecule has 0 saturated heterocycles. The number of amides is 3. The minimum absolute atomic E-state index is 0.243. The van der Waals surface area contributed by atoms with Crippen LogP contribution in [0.5, 0.6) is 5.75 Å². The zero-order valence-corrected chi connectivity index (χ0v) is 21.6. The first kappa shape index (κ1) is 28.0. The van der Waals surface area contributed by atoms with Crippen molar-refractivity contribution in [3.8, 4) is 5.75 Å². The molecule has 37 heavy (non-hydrogen) atoms. The summed E-state index contributed by atoms with van der Waals surface area (Å²) in [6.45, 7) is 4.49. The number of aryl methyl sites for hydroxylation is 1. The fourth-order valence-corrected chi connectivity index (χ4v) is 4.15. The van der Waals surface area contributed by atoms with Gasteiger partial charge in [-0.15, -0.1) is 0 Å². The Morgan fingerprint density at radius 2 is 1.84 bits per heavy atom. The molecule has 0 saturated carbocycles. The van der Waals surface area contributed by atoms with Crippen LogP contribution in [0.1, 0.15) is 37.8 Å². The van der Waals surface area contributed by atoms with Crippen molar-refractivity contribution in [3.05, 3.63) is 59.7 Å². The number of aromatic nitrogens is 1. The highest BCUT2D eigenvalue weighted by molar-refractivity contribution is 5.92. The van der Waals surface area contributed by atoms with E-state index in [4.69, 9.17) is 4.74 Å². The van der Waals surface area contributed by atoms with Crippen LogP contribution in [0.4, 0.5) is 4.39 Å². The van der Waals surface area contributed by atoms with Crippen LogP contribution in [0.25, 0.3) is 0 Å². The summed E-state index contributed by atoms with van der Waals surface area (Å²) in [5, 5.41) is 8.90. The third kappa shape index (κ3) is 7.98. The summed E-state index contributed by atoms with van der Waals surface area (Å²) < 4.78 is 19.7. The number of nitrogens with zero attached hydrogens (tertiary/aromatic N) is 2. The molecule has 3 amide bonds. The van der Waals surface area contributed by atoms with Crippen LogP contribution in [-0.2, 0) is 27.2 Å². The lowest BCUT2D eigenvalue weighted by Gasteiger charge is -2.30. The average Bonchev–Trinajstić information content (AvgIpc) is 2.90. The van der Waals surface area contributed by atoms with Gasteiger partial charge in [-0.05, 0) is 55.5 Å². The Kier molecular flexibility index (Phi) is 10.4. The highest BCUT2D eigenvalue weighted by atomic mass is 19.1. The van der Waals surface area contributed by atoms with Crippen LogP contribution in [0.3, 0.4) is 0 Å². The van der Waals surface area contributed by atoms with Crippen LogP contribution < -0.4 is 20.7 Å². The topological polar surface area (TPSA) is 113 Å². The van der Waals surface area contributed by atoms with Gasteiger partial charge in [0.15, 0.2) is 0 Å². The molecule has 1 aliphatic rings. The number of hydrogen-bond acceptors (Lipinski definition) is 6. The molecule has 3 atom stereocenters. The minimum atomic E-state index is -0.829. The Morgan fingerprint density at radius 1 is 1.08 bits per heavy atom. The van der Waals surface area contributed by atoms with Crippen LogP contribution in [0, 0.1) is 5.82 Å². The van der Waals surface area contributed by atoms with Crippen molar-refractivity contribution in [2.75, 3.05) is 26.7 Å². The molecule has 0 bridgehead atoms. The SMILES string of the molecule is CCC1NCCOc2cc(F)ccc2CCCNC(=O)[C@@H](Cc2ccncc2)NC(=O)[C@@H](C)N(C)C1=O. The second-order valence-electron chi connectivity index (χ2n) is 9.16. The molecule has 0 radical (unpaired) electrons. The summed E-state index contributed by atoms with van der Waals surface area (Å²) in [7, 11) is 1.57. The minimum Gasteiger partial charge on any atom is -0.492 e. The summed E-state index contributed by atoms with van der Waals surface area (Å²) in [5.41, 5.74) is 1.67. The molecule has 200 valence electrons. The lowest BCUT2D eigenvalue weighted by molar-refractivity contribution is -0.140. The molecule has 0 spiro atoms. The van der Waals surface area contributed by atoms with Gasteiger partial charge in [0.1, 0.15) is 30.3 Å². The number of carbonyl (C=O) groups is 3. The largest absolute Gasteiger partial charge is 0.492 e. The third-order valence-electron chi connectivity index (χ3n) is 6.54. The zero-order valence-electron chi connectivity index (χ0n) is 21.6. The van der Waals surface area contributed by atoms with Crippen LogP contribution in [0.2, 0.25) is 0 Å². The molecule has 1 aromatic carbocycles. The first-order valence-electron chi connectivity index (χ1n) is 12.7. The first-order chi connectivity index (χ1) is 17.8. The van der Waals surface area contributed by atoms with E-state index in [1.165, 1.54) is 17.0 Å². The van der Waals surface area contributed by atoms with Crippen molar-refractivity contribution in [3.63, 3.8) is 0 Å². The quantitative estimate of drug-likeness (QED) is 0.575. The standard InChI is InChI=1S/C27H36FN5O4/c1-4-22-27(36)33(3)18(2)25(34)32-23(16-19-9-12-29-13-10-19)26(35)31-11-5-6-20-7-8-21(28)17-24(20)37-15-14-30-22/h7-10,12-13,17-18,22-23,30H,4-6,11,14-16H2,1-3H3,(H,31,35)(H,32,34)/t18-,22?,23-/m1/s1. The van der Waals surface area contributed by atoms with Crippen molar-refractivity contribution < 1.29 is 23.5 Å². The lowest BCUT2D eigenvalue weighted by Crippen LogP contribution is -2.56. The summed E-state index contributed by atoms with van der Waals surface area (Å²) >= 11 is 0. The van der Waals surface area contributed by atoms with E-state index in [2.05, 4.69) is 20.9 Å². The van der Waals surface area contributed by atoms with Gasteiger partial charge in [0.25, 0.3) is 0 Å². The molecular formula is C27H36FN5O4. The smallest absolute Gasteiger partial charge is 0.243 e. The first-order valence-corrected chi connectivity index (χ1v) is 12.7. The second kappa shape index (κ2) is 13.7. The number of benzene rings is 1. The number of ether oxygens (including phenoxy) is 1. The van der Waals surface area contributed by atoms with E-state index < -0.39 is 29.8 Å². The highest BCUT2D eigenvalue weighted by Gasteiger charge is 2.30. The number of pyridine rings is 1. The molecule has 3 rings (SSSR count). The van der Waals surface area contributed by atoms with Gasteiger partial charge in [0, 0.05) is 45.0 Å². The van der Waals surface area contributed by atoms with Gasteiger partial charge in [-0.25, -0.2) is 4.39 Å². The van der Waals surface area contributed by atoms with Gasteiger partial charge in [0.05, 0.1) is 6.04 Å². The number of carbonyl (C=O) groups excluding carboxylic acids is 3. The van der Waals surface area contributed by atoms with Crippen molar-refractivity contribution in [2.45, 2.75) is 57.7 Å². The van der Waals surface area contributed by atoms with Crippen molar-refractivity contribution in [2.24, 2.45) is 0 Å². The number of nitrogens with one attached hydrogen (secondary N) is 3. The van der Waals surface area contributed by atoms with Gasteiger partial charge in [-0.3, -0.25) is 19.4 Å². The maximum Gasteiger partial charge on any atom is 0.243 e. The van der Waals surface area contributed by atoms with E-state index in [1.54, 1.807) is 44.6 Å². The van der Waals surface area contributed by atoms with Crippen LogP contribution in [-0.4, -0.2) is 72.5 Å². The number of likely N-dealkylation sites (N-methyl/N-ethyl adjacent to an activating group) is 1. The van der Waals surface area contributed by atoms with Gasteiger partial charge < -0.3 is 25.6 Å². The summed E-state index contributed by atoms with van der Waals surface area (Å²) in [6.07, 6.45) is 5.22. The van der Waals surface area contributed by atoms with Crippen molar-refractivity contribution >= 4 is 17.7 Å². The van der Waals surface area contributed by atoms with E-state index >= 15 is 0 Å². The molecule has 0 aliphatic carbocycles. The van der Waals surface area contributed by atoms with Crippen molar-refractivity contribution in [1.82, 2.24) is 25.8 Å². The average molecular weight is 514 g/mol. The number of fused-ring (bicyclic) bond motifs is 1. The number of rotatable bonds is 3. The monoisotopic (exact) mass is 513 g/mol. The third-order valence-corrected chi connectivity index (χ3v) is 6.54. The molecule has 2 heterocycles. The summed E-state index contributed by atoms with van der Waals surface area (Å²) in [4.78, 5) is 44.7. The normalized spacial score (nSPS) is 22.6. The van der Waals surface area contributed by atoms with Gasteiger partial charge in [0.2, 0.25) is 17.7 Å². The molecule has 2 aromatic rings. The fourth-order valence-electron chi connectivity index (χ4n) is 4.15. The van der Waals surface area contributed by atoms with Crippen molar-refractivity contribution in [1.29, 1.82) is 0 Å². The predicted molar refractivity (Wildman–Crippen MR) is 137 cm³/mol. The molecule has 1 aromatic heterocycles. The van der Waals surface area contributed by atoms with Gasteiger partial charge >= 0.3 is 0 Å². The molecule has 3 N–H and O–H groups in total. The Morgan fingerprint density at radius 3 is 2.57 bits per heavy atom. The Balaban J connectivity index is 1.83. The lowest BCUT2D eigenvalue weighted by atomic mass is 10.0. The number of hydrogen-bond donors (Lipinski definition) is 3. The van der Waals surface area contributed by atoms with Gasteiger partial charge in [-0.1, -0.05) is 13.0 Å². The molecule has 1 aliphatic heterocycles. The second-order valence-corrected chi connectivity index (χ2v) is 9.16. The Labute approximate surface area is 217 Å². The predicted octanol–water partition coefficient (Wildman–Crippen LogP) is 1.60. The van der Waals surface area contributed by atoms with Gasteiger partial charge in [-0.2, -0.15) is 0 Å². The van der Waals surface area contributed by atoms with E-state index in [9.17, 15) is 18.8 Å². The molecule has 0 fully saturated rings. The molecule has 1 unspecified atom stereocenters. The van der Waals surface area contributed by atoms with Crippen LogP contribution in [0.15, 0.2) is 42.7 Å². The Hall–Kier alpha value is -3.53. The van der Waals surface area contributed by atoms with E-state index in [0.717, 1.165) is 11.1 Å².